The Morgan fingerprint density at radius 2 is 1.76 bits per heavy atom. The van der Waals surface area contributed by atoms with E-state index in [4.69, 9.17) is 0 Å². The van der Waals surface area contributed by atoms with Gasteiger partial charge in [-0.25, -0.2) is 0 Å². The van der Waals surface area contributed by atoms with Gasteiger partial charge in [-0.1, -0.05) is 30.3 Å². The van der Waals surface area contributed by atoms with Gasteiger partial charge in [0.15, 0.2) is 0 Å². The van der Waals surface area contributed by atoms with Crippen LogP contribution in [0.2, 0.25) is 0 Å². The smallest absolute Gasteiger partial charge is 0.246 e. The second kappa shape index (κ2) is 7.85. The molecule has 4 nitrogen and oxygen atoms in total. The molecule has 1 atom stereocenters. The van der Waals surface area contributed by atoms with Crippen molar-refractivity contribution in [2.75, 3.05) is 20.1 Å². The maximum atomic E-state index is 12.7. The van der Waals surface area contributed by atoms with Crippen molar-refractivity contribution in [3.63, 3.8) is 0 Å². The number of hydrogen-bond donors (Lipinski definition) is 0. The molecule has 1 unspecified atom stereocenters. The zero-order chi connectivity index (χ0) is 17.8. The summed E-state index contributed by atoms with van der Waals surface area (Å²) in [6.07, 6.45) is 7.53. The Balaban J connectivity index is 1.48. The standard InChI is InChI=1S/C21H28N2O2/c1-16(18-9-10-18)22(2)21(25)19-12-14-23(15-13-19)20(24)11-8-17-6-4-3-5-7-17/h3-8,11,16,18-19H,9-10,12-15H2,1-2H3. The van der Waals surface area contributed by atoms with Crippen LogP contribution in [0.25, 0.3) is 6.08 Å². The SMILES string of the molecule is CC(C1CC1)N(C)C(=O)C1CCN(C(=O)C=Cc2ccccc2)CC1. The van der Waals surface area contributed by atoms with E-state index in [2.05, 4.69) is 6.92 Å². The molecule has 1 aliphatic carbocycles. The van der Waals surface area contributed by atoms with E-state index in [9.17, 15) is 9.59 Å². The molecule has 0 bridgehead atoms. The molecule has 1 aromatic rings. The first-order chi connectivity index (χ1) is 12.1. The molecule has 1 aliphatic heterocycles. The van der Waals surface area contributed by atoms with Crippen LogP contribution in [0.1, 0.15) is 38.2 Å². The van der Waals surface area contributed by atoms with Crippen molar-refractivity contribution in [3.05, 3.63) is 42.0 Å². The van der Waals surface area contributed by atoms with Gasteiger partial charge in [0.2, 0.25) is 11.8 Å². The van der Waals surface area contributed by atoms with Crippen molar-refractivity contribution in [1.82, 2.24) is 9.80 Å². The molecule has 2 aliphatic rings. The molecular weight excluding hydrogens is 312 g/mol. The van der Waals surface area contributed by atoms with Crippen molar-refractivity contribution < 1.29 is 9.59 Å². The van der Waals surface area contributed by atoms with Gasteiger partial charge in [0.1, 0.15) is 0 Å². The summed E-state index contributed by atoms with van der Waals surface area (Å²) in [5.74, 6) is 1.05. The highest BCUT2D eigenvalue weighted by atomic mass is 16.2. The Morgan fingerprint density at radius 1 is 1.12 bits per heavy atom. The van der Waals surface area contributed by atoms with Gasteiger partial charge < -0.3 is 9.80 Å². The first-order valence-electron chi connectivity index (χ1n) is 9.35. The van der Waals surface area contributed by atoms with E-state index in [1.807, 2.05) is 53.3 Å². The summed E-state index contributed by atoms with van der Waals surface area (Å²) in [4.78, 5) is 28.8. The van der Waals surface area contributed by atoms with Crippen LogP contribution in [0, 0.1) is 11.8 Å². The van der Waals surface area contributed by atoms with E-state index in [1.54, 1.807) is 6.08 Å². The summed E-state index contributed by atoms with van der Waals surface area (Å²) in [5, 5.41) is 0. The Labute approximate surface area is 150 Å². The van der Waals surface area contributed by atoms with Gasteiger partial charge in [0.25, 0.3) is 0 Å². The normalized spacial score (nSPS) is 19.8. The molecule has 1 saturated heterocycles. The molecule has 25 heavy (non-hydrogen) atoms. The van der Waals surface area contributed by atoms with Crippen molar-refractivity contribution in [1.29, 1.82) is 0 Å². The molecule has 0 aromatic heterocycles. The zero-order valence-corrected chi connectivity index (χ0v) is 15.2. The van der Waals surface area contributed by atoms with Crippen molar-refractivity contribution >= 4 is 17.9 Å². The minimum Gasteiger partial charge on any atom is -0.343 e. The molecule has 3 rings (SSSR count). The first kappa shape index (κ1) is 17.7. The summed E-state index contributed by atoms with van der Waals surface area (Å²) in [7, 11) is 1.94. The lowest BCUT2D eigenvalue weighted by Gasteiger charge is -2.34. The van der Waals surface area contributed by atoms with Crippen LogP contribution in [0.4, 0.5) is 0 Å². The topological polar surface area (TPSA) is 40.6 Å². The van der Waals surface area contributed by atoms with Crippen LogP contribution < -0.4 is 0 Å². The molecule has 0 N–H and O–H groups in total. The number of hydrogen-bond acceptors (Lipinski definition) is 2. The fraction of sp³-hybridized carbons (Fsp3) is 0.524. The third-order valence-corrected chi connectivity index (χ3v) is 5.64. The van der Waals surface area contributed by atoms with Crippen LogP contribution >= 0.6 is 0 Å². The third-order valence-electron chi connectivity index (χ3n) is 5.64. The molecule has 0 radical (unpaired) electrons. The second-order valence-corrected chi connectivity index (χ2v) is 7.37. The Hall–Kier alpha value is -2.10. The van der Waals surface area contributed by atoms with Crippen LogP contribution in [0.15, 0.2) is 36.4 Å². The van der Waals surface area contributed by atoms with Crippen LogP contribution in [0.3, 0.4) is 0 Å². The molecule has 2 amide bonds. The van der Waals surface area contributed by atoms with Gasteiger partial charge >= 0.3 is 0 Å². The van der Waals surface area contributed by atoms with E-state index in [1.165, 1.54) is 12.8 Å². The zero-order valence-electron chi connectivity index (χ0n) is 15.2. The number of carbonyl (C=O) groups is 2. The minimum absolute atomic E-state index is 0.0365. The van der Waals surface area contributed by atoms with Crippen LogP contribution in [-0.4, -0.2) is 47.8 Å². The fourth-order valence-corrected chi connectivity index (χ4v) is 3.57. The third kappa shape index (κ3) is 4.50. The molecule has 1 heterocycles. The molecule has 1 aromatic carbocycles. The van der Waals surface area contributed by atoms with Gasteiger partial charge in [-0.05, 0) is 50.2 Å². The lowest BCUT2D eigenvalue weighted by molar-refractivity contribution is -0.140. The monoisotopic (exact) mass is 340 g/mol. The van der Waals surface area contributed by atoms with Gasteiger partial charge in [-0.3, -0.25) is 9.59 Å². The van der Waals surface area contributed by atoms with Gasteiger partial charge in [0.05, 0.1) is 0 Å². The summed E-state index contributed by atoms with van der Waals surface area (Å²) in [6.45, 7) is 3.49. The highest BCUT2D eigenvalue weighted by molar-refractivity contribution is 5.92. The largest absolute Gasteiger partial charge is 0.343 e. The number of amides is 2. The van der Waals surface area contributed by atoms with Crippen molar-refractivity contribution in [3.8, 4) is 0 Å². The Bertz CT molecular complexity index is 629. The fourth-order valence-electron chi connectivity index (χ4n) is 3.57. The van der Waals surface area contributed by atoms with Gasteiger partial charge in [0, 0.05) is 38.2 Å². The van der Waals surface area contributed by atoms with E-state index in [0.717, 1.165) is 18.4 Å². The first-order valence-corrected chi connectivity index (χ1v) is 9.35. The molecular formula is C21H28N2O2. The lowest BCUT2D eigenvalue weighted by Crippen LogP contribution is -2.45. The number of benzene rings is 1. The van der Waals surface area contributed by atoms with E-state index >= 15 is 0 Å². The molecule has 4 heteroatoms. The summed E-state index contributed by atoms with van der Waals surface area (Å²) in [5.41, 5.74) is 1.02. The predicted octanol–water partition coefficient (Wildman–Crippen LogP) is 3.20. The molecule has 0 spiro atoms. The second-order valence-electron chi connectivity index (χ2n) is 7.37. The highest BCUT2D eigenvalue weighted by Gasteiger charge is 2.35. The van der Waals surface area contributed by atoms with E-state index in [0.29, 0.717) is 25.0 Å². The number of likely N-dealkylation sites (tertiary alicyclic amines) is 1. The summed E-state index contributed by atoms with van der Waals surface area (Å²) >= 11 is 0. The maximum absolute atomic E-state index is 12.7. The molecule has 2 fully saturated rings. The Morgan fingerprint density at radius 3 is 2.36 bits per heavy atom. The lowest BCUT2D eigenvalue weighted by atomic mass is 9.94. The Kier molecular flexibility index (Phi) is 5.57. The van der Waals surface area contributed by atoms with Gasteiger partial charge in [-0.2, -0.15) is 0 Å². The van der Waals surface area contributed by atoms with E-state index < -0.39 is 0 Å². The number of nitrogens with zero attached hydrogens (tertiary/aromatic N) is 2. The van der Waals surface area contributed by atoms with Crippen molar-refractivity contribution in [2.45, 2.75) is 38.6 Å². The summed E-state index contributed by atoms with van der Waals surface area (Å²) in [6, 6.07) is 10.2. The highest BCUT2D eigenvalue weighted by Crippen LogP contribution is 2.35. The van der Waals surface area contributed by atoms with Crippen LogP contribution in [-0.2, 0) is 9.59 Å². The maximum Gasteiger partial charge on any atom is 0.246 e. The molecule has 134 valence electrons. The molecule has 1 saturated carbocycles. The predicted molar refractivity (Wildman–Crippen MR) is 99.7 cm³/mol. The van der Waals surface area contributed by atoms with E-state index in [-0.39, 0.29) is 17.7 Å². The average Bonchev–Trinajstić information content (AvgIpc) is 3.50. The van der Waals surface area contributed by atoms with Crippen molar-refractivity contribution in [2.24, 2.45) is 11.8 Å². The summed E-state index contributed by atoms with van der Waals surface area (Å²) < 4.78 is 0. The van der Waals surface area contributed by atoms with Gasteiger partial charge in [-0.15, -0.1) is 0 Å². The number of rotatable bonds is 5. The van der Waals surface area contributed by atoms with Crippen LogP contribution in [0.5, 0.6) is 0 Å². The quantitative estimate of drug-likeness (QED) is 0.772. The minimum atomic E-state index is 0.0365. The number of carbonyl (C=O) groups excluding carboxylic acids is 2. The average molecular weight is 340 g/mol. The number of piperidine rings is 1.